The van der Waals surface area contributed by atoms with Crippen molar-refractivity contribution in [1.29, 1.82) is 0 Å². The van der Waals surface area contributed by atoms with Crippen molar-refractivity contribution in [2.75, 3.05) is 21.3 Å². The Labute approximate surface area is 165 Å². The molecule has 0 heterocycles. The van der Waals surface area contributed by atoms with E-state index in [1.807, 2.05) is 18.2 Å². The lowest BCUT2D eigenvalue weighted by Gasteiger charge is -2.16. The molecule has 0 aliphatic heterocycles. The lowest BCUT2D eigenvalue weighted by molar-refractivity contribution is 0.0950. The minimum Gasteiger partial charge on any atom is -0.497 e. The molecular weight excluding hydrogens is 358 g/mol. The van der Waals surface area contributed by atoms with E-state index in [0.29, 0.717) is 35.1 Å². The number of benzene rings is 2. The van der Waals surface area contributed by atoms with Crippen molar-refractivity contribution in [1.82, 2.24) is 5.32 Å². The molecule has 0 aromatic heterocycles. The highest BCUT2D eigenvalue weighted by molar-refractivity contribution is 5.94. The summed E-state index contributed by atoms with van der Waals surface area (Å²) in [5.74, 6) is 2.45. The van der Waals surface area contributed by atoms with Gasteiger partial charge < -0.3 is 24.3 Å². The number of nitrogens with one attached hydrogen (secondary N) is 1. The lowest BCUT2D eigenvalue weighted by atomic mass is 10.1. The number of amides is 1. The average molecular weight is 385 g/mol. The molecule has 0 radical (unpaired) electrons. The molecule has 1 aliphatic carbocycles. The number of hydrogen-bond donors (Lipinski definition) is 1. The Morgan fingerprint density at radius 2 is 1.64 bits per heavy atom. The van der Waals surface area contributed by atoms with Crippen LogP contribution >= 0.6 is 0 Å². The first-order valence-corrected chi connectivity index (χ1v) is 9.48. The van der Waals surface area contributed by atoms with E-state index in [0.717, 1.165) is 18.4 Å². The minimum atomic E-state index is -0.199. The van der Waals surface area contributed by atoms with Gasteiger partial charge in [0.2, 0.25) is 0 Å². The molecule has 1 N–H and O–H groups in total. The highest BCUT2D eigenvalue weighted by atomic mass is 16.5. The smallest absolute Gasteiger partial charge is 0.251 e. The second-order valence-electron chi connectivity index (χ2n) is 6.75. The van der Waals surface area contributed by atoms with Gasteiger partial charge in [-0.25, -0.2) is 0 Å². The minimum absolute atomic E-state index is 0.199. The van der Waals surface area contributed by atoms with E-state index in [1.54, 1.807) is 39.5 Å². The molecule has 1 fully saturated rings. The molecule has 1 amide bonds. The molecule has 0 saturated heterocycles. The van der Waals surface area contributed by atoms with Gasteiger partial charge >= 0.3 is 0 Å². The van der Waals surface area contributed by atoms with Gasteiger partial charge in [0.1, 0.15) is 11.5 Å². The zero-order valence-electron chi connectivity index (χ0n) is 16.6. The second kappa shape index (κ2) is 9.35. The molecule has 150 valence electrons. The molecule has 0 atom stereocenters. The van der Waals surface area contributed by atoms with E-state index in [9.17, 15) is 4.79 Å². The van der Waals surface area contributed by atoms with Crippen molar-refractivity contribution < 1.29 is 23.7 Å². The van der Waals surface area contributed by atoms with Gasteiger partial charge in [0.15, 0.2) is 11.5 Å². The second-order valence-corrected chi connectivity index (χ2v) is 6.75. The molecule has 2 aromatic rings. The van der Waals surface area contributed by atoms with E-state index in [-0.39, 0.29) is 12.0 Å². The molecule has 0 unspecified atom stereocenters. The fourth-order valence-electron chi connectivity index (χ4n) is 3.39. The highest BCUT2D eigenvalue weighted by Gasteiger charge is 2.19. The number of rotatable bonds is 8. The third kappa shape index (κ3) is 4.68. The Morgan fingerprint density at radius 3 is 2.32 bits per heavy atom. The third-order valence-corrected chi connectivity index (χ3v) is 4.95. The van der Waals surface area contributed by atoms with Crippen molar-refractivity contribution in [3.8, 4) is 23.0 Å². The van der Waals surface area contributed by atoms with E-state index in [1.165, 1.54) is 12.8 Å². The van der Waals surface area contributed by atoms with Crippen LogP contribution in [-0.2, 0) is 6.54 Å². The van der Waals surface area contributed by atoms with Crippen molar-refractivity contribution in [3.63, 3.8) is 0 Å². The van der Waals surface area contributed by atoms with Gasteiger partial charge in [0.25, 0.3) is 5.91 Å². The monoisotopic (exact) mass is 385 g/mol. The quantitative estimate of drug-likeness (QED) is 0.745. The molecule has 1 aliphatic rings. The molecule has 0 spiro atoms. The van der Waals surface area contributed by atoms with Crippen molar-refractivity contribution in [2.45, 2.75) is 38.3 Å². The highest BCUT2D eigenvalue weighted by Crippen LogP contribution is 2.32. The Morgan fingerprint density at radius 1 is 0.929 bits per heavy atom. The van der Waals surface area contributed by atoms with Gasteiger partial charge in [-0.15, -0.1) is 0 Å². The Kier molecular flexibility index (Phi) is 6.63. The van der Waals surface area contributed by atoms with Crippen LogP contribution in [0.1, 0.15) is 41.6 Å². The van der Waals surface area contributed by atoms with Gasteiger partial charge in [0, 0.05) is 17.7 Å². The number of carbonyl (C=O) groups is 1. The van der Waals surface area contributed by atoms with Gasteiger partial charge in [-0.2, -0.15) is 0 Å². The van der Waals surface area contributed by atoms with Crippen LogP contribution in [0.4, 0.5) is 0 Å². The van der Waals surface area contributed by atoms with Gasteiger partial charge in [-0.1, -0.05) is 0 Å². The normalized spacial score (nSPS) is 13.8. The molecule has 28 heavy (non-hydrogen) atoms. The summed E-state index contributed by atoms with van der Waals surface area (Å²) >= 11 is 0. The molecule has 2 aromatic carbocycles. The van der Waals surface area contributed by atoms with Crippen LogP contribution in [-0.4, -0.2) is 33.3 Å². The van der Waals surface area contributed by atoms with Crippen molar-refractivity contribution in [3.05, 3.63) is 47.5 Å². The fourth-order valence-corrected chi connectivity index (χ4v) is 3.39. The molecule has 0 bridgehead atoms. The molecule has 6 heteroatoms. The average Bonchev–Trinajstić information content (AvgIpc) is 3.25. The first-order valence-electron chi connectivity index (χ1n) is 9.48. The van der Waals surface area contributed by atoms with E-state index < -0.39 is 0 Å². The van der Waals surface area contributed by atoms with E-state index in [4.69, 9.17) is 18.9 Å². The van der Waals surface area contributed by atoms with Gasteiger partial charge in [0.05, 0.1) is 27.4 Å². The van der Waals surface area contributed by atoms with Crippen LogP contribution in [0.2, 0.25) is 0 Å². The van der Waals surface area contributed by atoms with Crippen LogP contribution in [0.15, 0.2) is 36.4 Å². The third-order valence-electron chi connectivity index (χ3n) is 4.95. The summed E-state index contributed by atoms with van der Waals surface area (Å²) in [5, 5.41) is 2.91. The summed E-state index contributed by atoms with van der Waals surface area (Å²) in [6.45, 7) is 0.321. The summed E-state index contributed by atoms with van der Waals surface area (Å²) in [4.78, 5) is 12.6. The van der Waals surface area contributed by atoms with Crippen LogP contribution in [0.3, 0.4) is 0 Å². The summed E-state index contributed by atoms with van der Waals surface area (Å²) < 4.78 is 22.1. The Bertz CT molecular complexity index is 815. The fraction of sp³-hybridized carbons (Fsp3) is 0.409. The van der Waals surface area contributed by atoms with Crippen LogP contribution in [0, 0.1) is 0 Å². The topological polar surface area (TPSA) is 66.0 Å². The SMILES string of the molecule is COc1ccc(OC)c(CNC(=O)c2ccc(OC3CCCC3)c(OC)c2)c1. The zero-order valence-corrected chi connectivity index (χ0v) is 16.6. The maximum atomic E-state index is 12.6. The zero-order chi connectivity index (χ0) is 19.9. The lowest BCUT2D eigenvalue weighted by Crippen LogP contribution is -2.23. The summed E-state index contributed by atoms with van der Waals surface area (Å²) in [6.07, 6.45) is 4.75. The van der Waals surface area contributed by atoms with Crippen LogP contribution in [0.25, 0.3) is 0 Å². The van der Waals surface area contributed by atoms with Gasteiger partial charge in [-0.05, 0) is 62.1 Å². The maximum Gasteiger partial charge on any atom is 0.251 e. The standard InChI is InChI=1S/C22H27NO5/c1-25-18-9-11-19(26-2)16(12-18)14-23-22(24)15-8-10-20(21(13-15)27-3)28-17-6-4-5-7-17/h8-13,17H,4-7,14H2,1-3H3,(H,23,24). The Hall–Kier alpha value is -2.89. The molecule has 1 saturated carbocycles. The maximum absolute atomic E-state index is 12.6. The number of methoxy groups -OCH3 is 3. The first-order chi connectivity index (χ1) is 13.6. The molecule has 6 nitrogen and oxygen atoms in total. The number of ether oxygens (including phenoxy) is 4. The van der Waals surface area contributed by atoms with Gasteiger partial charge in [-0.3, -0.25) is 4.79 Å². The summed E-state index contributed by atoms with van der Waals surface area (Å²) in [7, 11) is 4.78. The molecular formula is C22H27NO5. The van der Waals surface area contributed by atoms with Crippen LogP contribution in [0.5, 0.6) is 23.0 Å². The van der Waals surface area contributed by atoms with Crippen molar-refractivity contribution in [2.24, 2.45) is 0 Å². The van der Waals surface area contributed by atoms with E-state index >= 15 is 0 Å². The van der Waals surface area contributed by atoms with Crippen LogP contribution < -0.4 is 24.3 Å². The number of carbonyl (C=O) groups excluding carboxylic acids is 1. The number of hydrogen-bond acceptors (Lipinski definition) is 5. The predicted octanol–water partition coefficient (Wildman–Crippen LogP) is 3.96. The first kappa shape index (κ1) is 19.9. The largest absolute Gasteiger partial charge is 0.497 e. The Balaban J connectivity index is 1.68. The predicted molar refractivity (Wildman–Crippen MR) is 107 cm³/mol. The summed E-state index contributed by atoms with van der Waals surface area (Å²) in [6, 6.07) is 10.8. The summed E-state index contributed by atoms with van der Waals surface area (Å²) in [5.41, 5.74) is 1.35. The molecule has 3 rings (SSSR count). The van der Waals surface area contributed by atoms with Crippen molar-refractivity contribution >= 4 is 5.91 Å². The van der Waals surface area contributed by atoms with E-state index in [2.05, 4.69) is 5.32 Å².